The van der Waals surface area contributed by atoms with Gasteiger partial charge in [0, 0.05) is 24.7 Å². The molecule has 1 aliphatic carbocycles. The van der Waals surface area contributed by atoms with Crippen LogP contribution < -0.4 is 5.32 Å². The Hall–Kier alpha value is -1.14. The number of thiazole rings is 1. The van der Waals surface area contributed by atoms with Gasteiger partial charge in [0.1, 0.15) is 5.01 Å². The lowest BCUT2D eigenvalue weighted by molar-refractivity contribution is 0.0496. The molecule has 0 unspecified atom stereocenters. The second kappa shape index (κ2) is 6.10. The maximum absolute atomic E-state index is 12.5. The summed E-state index contributed by atoms with van der Waals surface area (Å²) < 4.78 is 5.31. The van der Waals surface area contributed by atoms with E-state index >= 15 is 0 Å². The van der Waals surface area contributed by atoms with Crippen molar-refractivity contribution in [1.29, 1.82) is 0 Å². The Kier molecular flexibility index (Phi) is 4.21. The maximum atomic E-state index is 12.5. The molecule has 0 spiro atoms. The number of ether oxygens (including phenoxy) is 1. The highest BCUT2D eigenvalue weighted by molar-refractivity contribution is 7.09. The maximum Gasteiger partial charge on any atom is 0.318 e. The molecular weight excluding hydrogens is 274 g/mol. The Bertz CT molecular complexity index is 437. The van der Waals surface area contributed by atoms with E-state index in [1.807, 2.05) is 16.5 Å². The third-order valence-electron chi connectivity index (χ3n) is 4.19. The Morgan fingerprint density at radius 1 is 1.30 bits per heavy atom. The molecule has 20 heavy (non-hydrogen) atoms. The second-order valence-electron chi connectivity index (χ2n) is 5.51. The van der Waals surface area contributed by atoms with Gasteiger partial charge in [-0.15, -0.1) is 11.3 Å². The highest BCUT2D eigenvalue weighted by Gasteiger charge is 2.38. The van der Waals surface area contributed by atoms with E-state index in [0.717, 1.165) is 30.7 Å². The lowest BCUT2D eigenvalue weighted by atomic mass is 9.82. The van der Waals surface area contributed by atoms with Gasteiger partial charge in [-0.25, -0.2) is 9.78 Å². The van der Waals surface area contributed by atoms with Crippen molar-refractivity contribution < 1.29 is 9.53 Å². The average Bonchev–Trinajstić information content (AvgIpc) is 3.04. The van der Waals surface area contributed by atoms with Gasteiger partial charge >= 0.3 is 6.03 Å². The number of aromatic nitrogens is 1. The Morgan fingerprint density at radius 3 is 2.70 bits per heavy atom. The van der Waals surface area contributed by atoms with Crippen molar-refractivity contribution in [3.05, 3.63) is 16.6 Å². The quantitative estimate of drug-likeness (QED) is 0.911. The number of hydrogen-bond acceptors (Lipinski definition) is 4. The second-order valence-corrected chi connectivity index (χ2v) is 6.40. The van der Waals surface area contributed by atoms with Gasteiger partial charge in [-0.3, -0.25) is 0 Å². The molecule has 1 aliphatic heterocycles. The number of morpholine rings is 1. The molecule has 0 bridgehead atoms. The van der Waals surface area contributed by atoms with E-state index in [4.69, 9.17) is 4.74 Å². The number of urea groups is 1. The summed E-state index contributed by atoms with van der Waals surface area (Å²) in [5.74, 6) is 0. The van der Waals surface area contributed by atoms with Crippen LogP contribution in [0.3, 0.4) is 0 Å². The number of hydrogen-bond donors (Lipinski definition) is 1. The summed E-state index contributed by atoms with van der Waals surface area (Å²) in [6, 6.07) is 0.0328. The summed E-state index contributed by atoms with van der Waals surface area (Å²) >= 11 is 1.65. The van der Waals surface area contributed by atoms with Gasteiger partial charge in [0.2, 0.25) is 0 Å². The minimum atomic E-state index is -0.248. The van der Waals surface area contributed by atoms with Gasteiger partial charge < -0.3 is 15.0 Å². The van der Waals surface area contributed by atoms with Crippen LogP contribution in [0, 0.1) is 0 Å². The Balaban J connectivity index is 1.74. The zero-order valence-corrected chi connectivity index (χ0v) is 12.5. The van der Waals surface area contributed by atoms with Gasteiger partial charge in [-0.2, -0.15) is 0 Å². The number of rotatable bonds is 2. The van der Waals surface area contributed by atoms with Crippen molar-refractivity contribution >= 4 is 17.4 Å². The monoisotopic (exact) mass is 295 g/mol. The molecule has 2 heterocycles. The minimum absolute atomic E-state index is 0.0328. The van der Waals surface area contributed by atoms with Crippen LogP contribution in [-0.2, 0) is 10.3 Å². The van der Waals surface area contributed by atoms with Gasteiger partial charge in [0.05, 0.1) is 18.8 Å². The number of carbonyl (C=O) groups is 1. The summed E-state index contributed by atoms with van der Waals surface area (Å²) in [7, 11) is 0. The van der Waals surface area contributed by atoms with Crippen LogP contribution >= 0.6 is 11.3 Å². The number of nitrogens with zero attached hydrogens (tertiary/aromatic N) is 2. The van der Waals surface area contributed by atoms with Crippen LogP contribution in [0.1, 0.15) is 37.1 Å². The summed E-state index contributed by atoms with van der Waals surface area (Å²) in [6.45, 7) is 2.63. The first kappa shape index (κ1) is 13.8. The van der Waals surface area contributed by atoms with Crippen molar-refractivity contribution in [2.75, 3.05) is 26.3 Å². The van der Waals surface area contributed by atoms with E-state index in [0.29, 0.717) is 26.3 Å². The predicted octanol–water partition coefficient (Wildman–Crippen LogP) is 2.34. The van der Waals surface area contributed by atoms with Crippen LogP contribution in [0.5, 0.6) is 0 Å². The number of nitrogens with one attached hydrogen (secondary N) is 1. The van der Waals surface area contributed by atoms with Crippen molar-refractivity contribution in [3.8, 4) is 0 Å². The fourth-order valence-electron chi connectivity index (χ4n) is 3.06. The van der Waals surface area contributed by atoms with Gasteiger partial charge in [-0.1, -0.05) is 19.3 Å². The minimum Gasteiger partial charge on any atom is -0.378 e. The van der Waals surface area contributed by atoms with E-state index in [2.05, 4.69) is 10.3 Å². The first-order valence-electron chi connectivity index (χ1n) is 7.35. The Labute approximate surface area is 123 Å². The third-order valence-corrected chi connectivity index (χ3v) is 5.17. The Morgan fingerprint density at radius 2 is 2.05 bits per heavy atom. The van der Waals surface area contributed by atoms with E-state index < -0.39 is 0 Å². The predicted molar refractivity (Wildman–Crippen MR) is 77.8 cm³/mol. The van der Waals surface area contributed by atoms with E-state index in [9.17, 15) is 4.79 Å². The van der Waals surface area contributed by atoms with Gasteiger partial charge in [-0.05, 0) is 12.8 Å². The molecule has 2 aliphatic rings. The van der Waals surface area contributed by atoms with Crippen LogP contribution in [0.15, 0.2) is 11.6 Å². The fourth-order valence-corrected chi connectivity index (χ4v) is 3.91. The summed E-state index contributed by atoms with van der Waals surface area (Å²) in [5, 5.41) is 6.33. The van der Waals surface area contributed by atoms with Gasteiger partial charge in [0.15, 0.2) is 0 Å². The first-order valence-corrected chi connectivity index (χ1v) is 8.23. The molecule has 2 amide bonds. The summed E-state index contributed by atoms with van der Waals surface area (Å²) in [5.41, 5.74) is -0.248. The smallest absolute Gasteiger partial charge is 0.318 e. The molecule has 1 saturated carbocycles. The molecule has 2 fully saturated rings. The zero-order chi connectivity index (χ0) is 13.8. The van der Waals surface area contributed by atoms with Crippen molar-refractivity contribution in [3.63, 3.8) is 0 Å². The summed E-state index contributed by atoms with van der Waals surface area (Å²) in [4.78, 5) is 18.8. The van der Waals surface area contributed by atoms with E-state index in [1.165, 1.54) is 6.42 Å². The SMILES string of the molecule is O=C(NC1(c2nccs2)CCCCC1)N1CCOCC1. The zero-order valence-electron chi connectivity index (χ0n) is 11.6. The first-order chi connectivity index (χ1) is 9.80. The molecule has 0 radical (unpaired) electrons. The summed E-state index contributed by atoms with van der Waals surface area (Å²) in [6.07, 6.45) is 7.39. The van der Waals surface area contributed by atoms with Crippen LogP contribution in [0.2, 0.25) is 0 Å². The van der Waals surface area contributed by atoms with Crippen LogP contribution in [0.4, 0.5) is 4.79 Å². The molecule has 1 N–H and O–H groups in total. The van der Waals surface area contributed by atoms with Crippen molar-refractivity contribution in [2.24, 2.45) is 0 Å². The topological polar surface area (TPSA) is 54.5 Å². The lowest BCUT2D eigenvalue weighted by Gasteiger charge is -2.38. The van der Waals surface area contributed by atoms with E-state index in [1.54, 1.807) is 11.3 Å². The standard InChI is InChI=1S/C14H21N3O2S/c18-13(17-7-9-19-10-8-17)16-14(4-2-1-3-5-14)12-15-6-11-20-12/h6,11H,1-5,7-10H2,(H,16,18). The highest BCUT2D eigenvalue weighted by Crippen LogP contribution is 2.38. The molecule has 5 nitrogen and oxygen atoms in total. The largest absolute Gasteiger partial charge is 0.378 e. The van der Waals surface area contributed by atoms with Crippen molar-refractivity contribution in [1.82, 2.24) is 15.2 Å². The molecular formula is C14H21N3O2S. The molecule has 1 aromatic rings. The molecule has 1 saturated heterocycles. The molecule has 0 atom stereocenters. The molecule has 1 aromatic heterocycles. The number of amides is 2. The average molecular weight is 295 g/mol. The van der Waals surface area contributed by atoms with Gasteiger partial charge in [0.25, 0.3) is 0 Å². The normalized spacial score (nSPS) is 22.5. The van der Waals surface area contributed by atoms with Crippen molar-refractivity contribution in [2.45, 2.75) is 37.6 Å². The molecule has 0 aromatic carbocycles. The lowest BCUT2D eigenvalue weighted by Crippen LogP contribution is -2.54. The van der Waals surface area contributed by atoms with Crippen LogP contribution in [-0.4, -0.2) is 42.2 Å². The molecule has 3 rings (SSSR count). The number of carbonyl (C=O) groups excluding carboxylic acids is 1. The fraction of sp³-hybridized carbons (Fsp3) is 0.714. The third kappa shape index (κ3) is 2.81. The highest BCUT2D eigenvalue weighted by atomic mass is 32.1. The van der Waals surface area contributed by atoms with E-state index in [-0.39, 0.29) is 11.6 Å². The molecule has 6 heteroatoms. The van der Waals surface area contributed by atoms with Crippen LogP contribution in [0.25, 0.3) is 0 Å². The molecule has 110 valence electrons.